The Kier molecular flexibility index (Phi) is 5.18. The SMILES string of the molecule is CC(C)N(C)CC(=O)NCC1CNCC1O. The molecule has 1 heterocycles. The largest absolute Gasteiger partial charge is 0.391 e. The first-order valence-electron chi connectivity index (χ1n) is 5.86. The molecule has 1 rings (SSSR count). The standard InChI is InChI=1S/C11H23N3O2/c1-8(2)14(3)7-11(16)13-5-9-4-12-6-10(9)15/h8-10,12,15H,4-7H2,1-3H3,(H,13,16). The molecular weight excluding hydrogens is 206 g/mol. The van der Waals surface area contributed by atoms with Crippen LogP contribution in [0.2, 0.25) is 0 Å². The van der Waals surface area contributed by atoms with Crippen molar-refractivity contribution in [1.29, 1.82) is 0 Å². The summed E-state index contributed by atoms with van der Waals surface area (Å²) in [5.74, 6) is 0.170. The fraction of sp³-hybridized carbons (Fsp3) is 0.909. The second kappa shape index (κ2) is 6.18. The molecule has 2 atom stereocenters. The van der Waals surface area contributed by atoms with E-state index in [-0.39, 0.29) is 17.9 Å². The Morgan fingerprint density at radius 1 is 1.56 bits per heavy atom. The Balaban J connectivity index is 2.19. The highest BCUT2D eigenvalue weighted by Crippen LogP contribution is 2.06. The van der Waals surface area contributed by atoms with Gasteiger partial charge in [0, 0.05) is 31.6 Å². The van der Waals surface area contributed by atoms with Gasteiger partial charge in [0.15, 0.2) is 0 Å². The first kappa shape index (κ1) is 13.4. The van der Waals surface area contributed by atoms with Gasteiger partial charge in [-0.1, -0.05) is 0 Å². The number of hydrogen-bond acceptors (Lipinski definition) is 4. The first-order valence-corrected chi connectivity index (χ1v) is 5.86. The van der Waals surface area contributed by atoms with Gasteiger partial charge >= 0.3 is 0 Å². The first-order chi connectivity index (χ1) is 7.50. The molecule has 1 saturated heterocycles. The van der Waals surface area contributed by atoms with E-state index in [9.17, 15) is 9.90 Å². The van der Waals surface area contributed by atoms with Crippen LogP contribution >= 0.6 is 0 Å². The van der Waals surface area contributed by atoms with Gasteiger partial charge in [-0.25, -0.2) is 0 Å². The zero-order valence-electron chi connectivity index (χ0n) is 10.4. The quantitative estimate of drug-likeness (QED) is 0.567. The van der Waals surface area contributed by atoms with Crippen LogP contribution in [0.25, 0.3) is 0 Å². The number of nitrogens with zero attached hydrogens (tertiary/aromatic N) is 1. The molecule has 94 valence electrons. The molecule has 2 unspecified atom stereocenters. The predicted octanol–water partition coefficient (Wildman–Crippen LogP) is -0.977. The molecule has 0 aliphatic carbocycles. The van der Waals surface area contributed by atoms with Gasteiger partial charge in [-0.2, -0.15) is 0 Å². The number of likely N-dealkylation sites (N-methyl/N-ethyl adjacent to an activating group) is 1. The highest BCUT2D eigenvalue weighted by molar-refractivity contribution is 5.78. The molecular formula is C11H23N3O2. The van der Waals surface area contributed by atoms with Crippen LogP contribution in [0.15, 0.2) is 0 Å². The van der Waals surface area contributed by atoms with E-state index in [1.54, 1.807) is 0 Å². The number of hydrogen-bond donors (Lipinski definition) is 3. The van der Waals surface area contributed by atoms with E-state index < -0.39 is 0 Å². The molecule has 1 aliphatic rings. The lowest BCUT2D eigenvalue weighted by Gasteiger charge is -2.21. The maximum atomic E-state index is 11.6. The van der Waals surface area contributed by atoms with Gasteiger partial charge in [0.25, 0.3) is 0 Å². The van der Waals surface area contributed by atoms with E-state index >= 15 is 0 Å². The van der Waals surface area contributed by atoms with Crippen LogP contribution in [0.5, 0.6) is 0 Å². The molecule has 0 aromatic heterocycles. The maximum Gasteiger partial charge on any atom is 0.234 e. The molecule has 0 radical (unpaired) electrons. The molecule has 5 heteroatoms. The molecule has 3 N–H and O–H groups in total. The highest BCUT2D eigenvalue weighted by atomic mass is 16.3. The van der Waals surface area contributed by atoms with Crippen LogP contribution < -0.4 is 10.6 Å². The Hall–Kier alpha value is -0.650. The van der Waals surface area contributed by atoms with Crippen molar-refractivity contribution in [2.75, 3.05) is 33.2 Å². The van der Waals surface area contributed by atoms with Crippen molar-refractivity contribution < 1.29 is 9.90 Å². The van der Waals surface area contributed by atoms with Crippen LogP contribution in [0.4, 0.5) is 0 Å². The summed E-state index contributed by atoms with van der Waals surface area (Å²) in [6, 6.07) is 0.365. The topological polar surface area (TPSA) is 64.6 Å². The van der Waals surface area contributed by atoms with E-state index in [1.165, 1.54) is 0 Å². The average molecular weight is 229 g/mol. The van der Waals surface area contributed by atoms with Gasteiger partial charge in [0.2, 0.25) is 5.91 Å². The molecule has 0 spiro atoms. The minimum absolute atomic E-state index is 0.0234. The number of nitrogens with one attached hydrogen (secondary N) is 2. The van der Waals surface area contributed by atoms with E-state index in [0.717, 1.165) is 6.54 Å². The van der Waals surface area contributed by atoms with Crippen molar-refractivity contribution in [3.63, 3.8) is 0 Å². The van der Waals surface area contributed by atoms with Crippen LogP contribution in [-0.4, -0.2) is 61.3 Å². The fourth-order valence-corrected chi connectivity index (χ4v) is 1.64. The number of β-amino-alcohol motifs (C(OH)–C–C–N with tert-alkyl or cyclic N) is 1. The molecule has 16 heavy (non-hydrogen) atoms. The molecule has 1 aliphatic heterocycles. The summed E-state index contributed by atoms with van der Waals surface area (Å²) in [4.78, 5) is 13.6. The van der Waals surface area contributed by atoms with Gasteiger partial charge in [0.1, 0.15) is 0 Å². The van der Waals surface area contributed by atoms with E-state index in [1.807, 2.05) is 11.9 Å². The third-order valence-corrected chi connectivity index (χ3v) is 3.14. The second-order valence-corrected chi connectivity index (χ2v) is 4.80. The summed E-state index contributed by atoms with van der Waals surface area (Å²) >= 11 is 0. The smallest absolute Gasteiger partial charge is 0.234 e. The Morgan fingerprint density at radius 2 is 2.25 bits per heavy atom. The second-order valence-electron chi connectivity index (χ2n) is 4.80. The van der Waals surface area contributed by atoms with Gasteiger partial charge in [0.05, 0.1) is 12.6 Å². The zero-order chi connectivity index (χ0) is 12.1. The Bertz CT molecular complexity index is 233. The third kappa shape index (κ3) is 4.08. The predicted molar refractivity (Wildman–Crippen MR) is 63.1 cm³/mol. The number of carbonyl (C=O) groups excluding carboxylic acids is 1. The summed E-state index contributed by atoms with van der Waals surface area (Å²) in [5.41, 5.74) is 0. The Morgan fingerprint density at radius 3 is 2.75 bits per heavy atom. The zero-order valence-corrected chi connectivity index (χ0v) is 10.4. The Labute approximate surface area is 97.2 Å². The normalized spacial score (nSPS) is 25.4. The number of amides is 1. The molecule has 0 aromatic carbocycles. The van der Waals surface area contributed by atoms with E-state index in [2.05, 4.69) is 24.5 Å². The lowest BCUT2D eigenvalue weighted by atomic mass is 10.1. The highest BCUT2D eigenvalue weighted by Gasteiger charge is 2.25. The monoisotopic (exact) mass is 229 g/mol. The summed E-state index contributed by atoms with van der Waals surface area (Å²) in [7, 11) is 1.93. The molecule has 0 bridgehead atoms. The summed E-state index contributed by atoms with van der Waals surface area (Å²) in [6.45, 7) is 6.48. The summed E-state index contributed by atoms with van der Waals surface area (Å²) in [5, 5.41) is 15.5. The van der Waals surface area contributed by atoms with Gasteiger partial charge < -0.3 is 15.7 Å². The average Bonchev–Trinajstić information content (AvgIpc) is 2.61. The van der Waals surface area contributed by atoms with Crippen molar-refractivity contribution in [2.45, 2.75) is 26.0 Å². The summed E-state index contributed by atoms with van der Waals surface area (Å²) in [6.07, 6.45) is -0.330. The molecule has 0 aromatic rings. The van der Waals surface area contributed by atoms with Crippen LogP contribution in [0.3, 0.4) is 0 Å². The minimum Gasteiger partial charge on any atom is -0.391 e. The van der Waals surface area contributed by atoms with Crippen molar-refractivity contribution in [3.05, 3.63) is 0 Å². The van der Waals surface area contributed by atoms with Crippen LogP contribution in [0, 0.1) is 5.92 Å². The van der Waals surface area contributed by atoms with Crippen LogP contribution in [-0.2, 0) is 4.79 Å². The molecule has 0 saturated carbocycles. The number of rotatable bonds is 5. The lowest BCUT2D eigenvalue weighted by molar-refractivity contribution is -0.122. The van der Waals surface area contributed by atoms with Crippen molar-refractivity contribution in [1.82, 2.24) is 15.5 Å². The third-order valence-electron chi connectivity index (χ3n) is 3.14. The molecule has 5 nitrogen and oxygen atoms in total. The molecule has 1 fully saturated rings. The summed E-state index contributed by atoms with van der Waals surface area (Å²) < 4.78 is 0. The molecule has 1 amide bonds. The fourth-order valence-electron chi connectivity index (χ4n) is 1.64. The van der Waals surface area contributed by atoms with E-state index in [0.29, 0.717) is 25.7 Å². The van der Waals surface area contributed by atoms with E-state index in [4.69, 9.17) is 0 Å². The van der Waals surface area contributed by atoms with Gasteiger partial charge in [-0.15, -0.1) is 0 Å². The minimum atomic E-state index is -0.330. The van der Waals surface area contributed by atoms with Crippen molar-refractivity contribution in [2.24, 2.45) is 5.92 Å². The number of aliphatic hydroxyl groups is 1. The van der Waals surface area contributed by atoms with Crippen molar-refractivity contribution in [3.8, 4) is 0 Å². The van der Waals surface area contributed by atoms with Gasteiger partial charge in [-0.05, 0) is 20.9 Å². The van der Waals surface area contributed by atoms with Crippen LogP contribution in [0.1, 0.15) is 13.8 Å². The van der Waals surface area contributed by atoms with Gasteiger partial charge in [-0.3, -0.25) is 9.69 Å². The maximum absolute atomic E-state index is 11.6. The lowest BCUT2D eigenvalue weighted by Crippen LogP contribution is -2.41. The number of aliphatic hydroxyl groups excluding tert-OH is 1. The van der Waals surface area contributed by atoms with Crippen molar-refractivity contribution >= 4 is 5.91 Å². The number of carbonyl (C=O) groups is 1.